The lowest BCUT2D eigenvalue weighted by Gasteiger charge is -2.08. The average Bonchev–Trinajstić information content (AvgIpc) is 3.35. The molecule has 0 bridgehead atoms. The van der Waals surface area contributed by atoms with Crippen LogP contribution in [0.5, 0.6) is 5.75 Å². The highest BCUT2D eigenvalue weighted by molar-refractivity contribution is 7.19. The second-order valence-corrected chi connectivity index (χ2v) is 9.74. The fraction of sp³-hybridized carbons (Fsp3) is 0.261. The number of hydrogen-bond acceptors (Lipinski definition) is 6. The van der Waals surface area contributed by atoms with Crippen LogP contribution in [0.2, 0.25) is 0 Å². The van der Waals surface area contributed by atoms with E-state index < -0.39 is 23.5 Å². The van der Waals surface area contributed by atoms with Crippen LogP contribution >= 0.6 is 22.7 Å². The highest BCUT2D eigenvalue weighted by Gasteiger charge is 2.34. The molecule has 0 saturated heterocycles. The van der Waals surface area contributed by atoms with Gasteiger partial charge in [-0.3, -0.25) is 4.79 Å². The highest BCUT2D eigenvalue weighted by atomic mass is 32.1. The number of nitrogens with zero attached hydrogens (tertiary/aromatic N) is 2. The predicted molar refractivity (Wildman–Crippen MR) is 122 cm³/mol. The third kappa shape index (κ3) is 5.05. The molecule has 0 saturated carbocycles. The van der Waals surface area contributed by atoms with E-state index in [2.05, 4.69) is 9.97 Å². The first-order valence-electron chi connectivity index (χ1n) is 10.1. The van der Waals surface area contributed by atoms with Crippen molar-refractivity contribution in [2.24, 2.45) is 0 Å². The first kappa shape index (κ1) is 24.1. The summed E-state index contributed by atoms with van der Waals surface area (Å²) in [6, 6.07) is 6.44. The molecule has 0 aliphatic carbocycles. The summed E-state index contributed by atoms with van der Waals surface area (Å²) in [5.41, 5.74) is 1.28. The molecular formula is C23H18F4N2O3S2. The summed E-state index contributed by atoms with van der Waals surface area (Å²) in [6.45, 7) is 3.82. The van der Waals surface area contributed by atoms with Crippen molar-refractivity contribution in [3.8, 4) is 16.3 Å². The van der Waals surface area contributed by atoms with E-state index in [9.17, 15) is 22.4 Å². The lowest BCUT2D eigenvalue weighted by molar-refractivity contribution is -0.140. The van der Waals surface area contributed by atoms with Crippen molar-refractivity contribution < 1.29 is 32.2 Å². The molecule has 0 aliphatic heterocycles. The van der Waals surface area contributed by atoms with E-state index in [-0.39, 0.29) is 18.6 Å². The molecule has 34 heavy (non-hydrogen) atoms. The van der Waals surface area contributed by atoms with Gasteiger partial charge in [0.2, 0.25) is 0 Å². The summed E-state index contributed by atoms with van der Waals surface area (Å²) >= 11 is 2.60. The standard InChI is InChI=1S/C23H18F4N2O3S2/c1-11-3-6-16(21-20(11)29-18(34-21)7-8-19(30)31)32-10-17-12(2)28-22(33-17)13-4-5-14(15(24)9-13)23(25,26)27/h3-6,9H,7-8,10H2,1-2H3,(H,30,31). The predicted octanol–water partition coefficient (Wildman–Crippen LogP) is 6.79. The fourth-order valence-electron chi connectivity index (χ4n) is 3.30. The van der Waals surface area contributed by atoms with Gasteiger partial charge in [-0.25, -0.2) is 14.4 Å². The second-order valence-electron chi connectivity index (χ2n) is 7.57. The minimum absolute atomic E-state index is 0.0115. The SMILES string of the molecule is Cc1nc(-c2ccc(C(F)(F)F)c(F)c2)sc1COc1ccc(C)c2nc(CCC(=O)O)sc12. The van der Waals surface area contributed by atoms with Gasteiger partial charge in [0.1, 0.15) is 23.2 Å². The summed E-state index contributed by atoms with van der Waals surface area (Å²) in [6.07, 6.45) is -4.44. The number of halogens is 4. The molecule has 1 N–H and O–H groups in total. The molecule has 0 atom stereocenters. The molecule has 178 valence electrons. The molecule has 0 unspecified atom stereocenters. The van der Waals surface area contributed by atoms with Gasteiger partial charge in [0, 0.05) is 12.0 Å². The van der Waals surface area contributed by atoms with Gasteiger partial charge in [0.15, 0.2) is 0 Å². The van der Waals surface area contributed by atoms with Crippen molar-refractivity contribution in [2.45, 2.75) is 39.5 Å². The Morgan fingerprint density at radius 2 is 1.88 bits per heavy atom. The van der Waals surface area contributed by atoms with Crippen LogP contribution in [0.4, 0.5) is 17.6 Å². The van der Waals surface area contributed by atoms with Crippen molar-refractivity contribution in [1.29, 1.82) is 0 Å². The van der Waals surface area contributed by atoms with Crippen molar-refractivity contribution >= 4 is 38.9 Å². The third-order valence-corrected chi connectivity index (χ3v) is 7.39. The molecule has 4 rings (SSSR count). The first-order valence-corrected chi connectivity index (χ1v) is 11.7. The monoisotopic (exact) mass is 510 g/mol. The number of carboxylic acid groups (broad SMARTS) is 1. The molecule has 0 aliphatic rings. The number of benzene rings is 2. The molecule has 0 spiro atoms. The van der Waals surface area contributed by atoms with Crippen LogP contribution < -0.4 is 4.74 Å². The second kappa shape index (κ2) is 9.30. The number of thiazole rings is 2. The van der Waals surface area contributed by atoms with E-state index >= 15 is 0 Å². The number of aliphatic carboxylic acids is 1. The lowest BCUT2D eigenvalue weighted by Crippen LogP contribution is -2.07. The Morgan fingerprint density at radius 3 is 2.56 bits per heavy atom. The van der Waals surface area contributed by atoms with Crippen molar-refractivity contribution in [3.63, 3.8) is 0 Å². The van der Waals surface area contributed by atoms with Crippen LogP contribution in [0.15, 0.2) is 30.3 Å². The maximum Gasteiger partial charge on any atom is 0.419 e. The number of rotatable bonds is 7. The smallest absolute Gasteiger partial charge is 0.419 e. The Balaban J connectivity index is 1.55. The molecule has 0 radical (unpaired) electrons. The van der Waals surface area contributed by atoms with Crippen LogP contribution in [0.3, 0.4) is 0 Å². The summed E-state index contributed by atoms with van der Waals surface area (Å²) in [4.78, 5) is 20.5. The van der Waals surface area contributed by atoms with E-state index in [1.165, 1.54) is 28.7 Å². The van der Waals surface area contributed by atoms with Crippen LogP contribution in [0, 0.1) is 19.7 Å². The largest absolute Gasteiger partial charge is 0.486 e. The third-order valence-electron chi connectivity index (χ3n) is 5.08. The number of alkyl halides is 3. The minimum Gasteiger partial charge on any atom is -0.486 e. The average molecular weight is 511 g/mol. The van der Waals surface area contributed by atoms with Crippen LogP contribution in [0.1, 0.15) is 33.1 Å². The topological polar surface area (TPSA) is 72.3 Å². The summed E-state index contributed by atoms with van der Waals surface area (Å²) in [5, 5.41) is 10.0. The quantitative estimate of drug-likeness (QED) is 0.277. The van der Waals surface area contributed by atoms with Gasteiger partial charge in [-0.05, 0) is 37.6 Å². The Labute approximate surface area is 199 Å². The molecule has 2 aromatic heterocycles. The molecule has 5 nitrogen and oxygen atoms in total. The van der Waals surface area contributed by atoms with E-state index in [1.54, 1.807) is 6.92 Å². The fourth-order valence-corrected chi connectivity index (χ4v) is 5.37. The van der Waals surface area contributed by atoms with Crippen LogP contribution in [-0.2, 0) is 24.0 Å². The van der Waals surface area contributed by atoms with Gasteiger partial charge in [0.25, 0.3) is 0 Å². The van der Waals surface area contributed by atoms with Crippen molar-refractivity contribution in [1.82, 2.24) is 9.97 Å². The maximum absolute atomic E-state index is 14.0. The Hall–Kier alpha value is -3.05. The van der Waals surface area contributed by atoms with E-state index in [0.29, 0.717) is 33.9 Å². The molecule has 2 aromatic carbocycles. The summed E-state index contributed by atoms with van der Waals surface area (Å²) in [5.74, 6) is -1.65. The van der Waals surface area contributed by atoms with Gasteiger partial charge >= 0.3 is 12.1 Å². The molecule has 4 aromatic rings. The highest BCUT2D eigenvalue weighted by Crippen LogP contribution is 2.37. The molecule has 0 fully saturated rings. The molecule has 2 heterocycles. The number of carbonyl (C=O) groups is 1. The number of aryl methyl sites for hydroxylation is 3. The van der Waals surface area contributed by atoms with Gasteiger partial charge < -0.3 is 9.84 Å². The van der Waals surface area contributed by atoms with Crippen LogP contribution in [-0.4, -0.2) is 21.0 Å². The number of hydrogen-bond donors (Lipinski definition) is 1. The Bertz CT molecular complexity index is 1380. The molecular weight excluding hydrogens is 492 g/mol. The molecule has 0 amide bonds. The Morgan fingerprint density at radius 1 is 1.12 bits per heavy atom. The number of aromatic nitrogens is 2. The number of ether oxygens (including phenoxy) is 1. The lowest BCUT2D eigenvalue weighted by atomic mass is 10.1. The van der Waals surface area contributed by atoms with E-state index in [1.807, 2.05) is 19.1 Å². The molecule has 11 heteroatoms. The first-order chi connectivity index (χ1) is 16.0. The minimum atomic E-state index is -4.76. The van der Waals surface area contributed by atoms with Crippen molar-refractivity contribution in [2.75, 3.05) is 0 Å². The van der Waals surface area contributed by atoms with Gasteiger partial charge in [-0.1, -0.05) is 12.1 Å². The van der Waals surface area contributed by atoms with Crippen LogP contribution in [0.25, 0.3) is 20.8 Å². The van der Waals surface area contributed by atoms with Crippen molar-refractivity contribution in [3.05, 3.63) is 62.9 Å². The zero-order chi connectivity index (χ0) is 24.6. The van der Waals surface area contributed by atoms with Gasteiger partial charge in [-0.15, -0.1) is 22.7 Å². The van der Waals surface area contributed by atoms with Gasteiger partial charge in [0.05, 0.1) is 37.8 Å². The maximum atomic E-state index is 14.0. The van der Waals surface area contributed by atoms with E-state index in [4.69, 9.17) is 9.84 Å². The zero-order valence-corrected chi connectivity index (χ0v) is 19.6. The summed E-state index contributed by atoms with van der Waals surface area (Å²) in [7, 11) is 0. The zero-order valence-electron chi connectivity index (χ0n) is 18.0. The number of fused-ring (bicyclic) bond motifs is 1. The normalized spacial score (nSPS) is 11.8. The van der Waals surface area contributed by atoms with Gasteiger partial charge in [-0.2, -0.15) is 13.2 Å². The number of carboxylic acids is 1. The van der Waals surface area contributed by atoms with E-state index in [0.717, 1.165) is 26.7 Å². The summed E-state index contributed by atoms with van der Waals surface area (Å²) < 4.78 is 59.3. The Kier molecular flexibility index (Phi) is 6.59.